The van der Waals surface area contributed by atoms with Crippen LogP contribution in [0.1, 0.15) is 65.3 Å². The van der Waals surface area contributed by atoms with Crippen molar-refractivity contribution < 1.29 is 9.59 Å². The smallest absolute Gasteiger partial charge is 0.253 e. The second kappa shape index (κ2) is 13.1. The quantitative estimate of drug-likeness (QED) is 0.402. The fourth-order valence-electron chi connectivity index (χ4n) is 6.36. The van der Waals surface area contributed by atoms with Crippen molar-refractivity contribution in [2.45, 2.75) is 59.9 Å². The third-order valence-electron chi connectivity index (χ3n) is 9.03. The second-order valence-corrected chi connectivity index (χ2v) is 12.1. The fourth-order valence-corrected chi connectivity index (χ4v) is 6.36. The molecule has 0 radical (unpaired) electrons. The lowest BCUT2D eigenvalue weighted by Gasteiger charge is -2.33. The predicted octanol–water partition coefficient (Wildman–Crippen LogP) is 4.59. The third kappa shape index (κ3) is 6.67. The molecule has 9 nitrogen and oxygen atoms in total. The number of likely N-dealkylation sites (N-methyl/N-ethyl adjacent to an activating group) is 1. The lowest BCUT2D eigenvalue weighted by atomic mass is 9.96. The summed E-state index contributed by atoms with van der Waals surface area (Å²) in [5.41, 5.74) is 5.62. The molecule has 2 N–H and O–H groups in total. The summed E-state index contributed by atoms with van der Waals surface area (Å²) in [5, 5.41) is 2.97. The topological polar surface area (TPSA) is 102 Å². The minimum absolute atomic E-state index is 0.0149. The van der Waals surface area contributed by atoms with Gasteiger partial charge < -0.3 is 25.0 Å². The molecule has 0 atom stereocenters. The number of amides is 2. The van der Waals surface area contributed by atoms with Crippen LogP contribution in [-0.2, 0) is 11.3 Å². The Morgan fingerprint density at radius 2 is 1.74 bits per heavy atom. The van der Waals surface area contributed by atoms with Crippen LogP contribution in [-0.4, -0.2) is 66.5 Å². The van der Waals surface area contributed by atoms with Gasteiger partial charge in [0, 0.05) is 79.5 Å². The lowest BCUT2D eigenvalue weighted by Crippen LogP contribution is -2.44. The summed E-state index contributed by atoms with van der Waals surface area (Å²) in [6.07, 6.45) is 5.81. The van der Waals surface area contributed by atoms with Crippen molar-refractivity contribution in [1.29, 1.82) is 0 Å². The van der Waals surface area contributed by atoms with Gasteiger partial charge in [-0.05, 0) is 94.6 Å². The van der Waals surface area contributed by atoms with Crippen LogP contribution in [0.5, 0.6) is 0 Å². The molecule has 2 fully saturated rings. The van der Waals surface area contributed by atoms with Gasteiger partial charge in [0.25, 0.3) is 11.5 Å². The second-order valence-electron chi connectivity index (χ2n) is 12.1. The van der Waals surface area contributed by atoms with E-state index in [1.54, 1.807) is 0 Å². The molecule has 3 aromatic rings. The molecule has 1 saturated carbocycles. The van der Waals surface area contributed by atoms with E-state index in [1.165, 1.54) is 0 Å². The molecule has 5 rings (SSSR count). The molecule has 0 unspecified atom stereocenters. The summed E-state index contributed by atoms with van der Waals surface area (Å²) < 4.78 is 0. The van der Waals surface area contributed by atoms with Crippen LogP contribution in [0, 0.1) is 26.7 Å². The summed E-state index contributed by atoms with van der Waals surface area (Å²) in [5.74, 6) is 0.789. The van der Waals surface area contributed by atoms with Crippen LogP contribution in [0.15, 0.2) is 41.3 Å². The Morgan fingerprint density at radius 1 is 1.02 bits per heavy atom. The van der Waals surface area contributed by atoms with Crippen LogP contribution in [0.4, 0.5) is 11.5 Å². The predicted molar refractivity (Wildman–Crippen MR) is 172 cm³/mol. The molecule has 9 heteroatoms. The maximum absolute atomic E-state index is 13.7. The number of hydrogen-bond acceptors (Lipinski definition) is 6. The van der Waals surface area contributed by atoms with Gasteiger partial charge >= 0.3 is 0 Å². The molecule has 2 amide bonds. The Morgan fingerprint density at radius 3 is 2.37 bits per heavy atom. The third-order valence-corrected chi connectivity index (χ3v) is 9.03. The average Bonchev–Trinajstić information content (AvgIpc) is 3.53. The van der Waals surface area contributed by atoms with Crippen molar-refractivity contribution in [2.24, 2.45) is 5.92 Å². The van der Waals surface area contributed by atoms with E-state index in [-0.39, 0.29) is 29.8 Å². The first-order valence-corrected chi connectivity index (χ1v) is 15.5. The summed E-state index contributed by atoms with van der Waals surface area (Å²) in [6.45, 7) is 12.1. The molecule has 0 spiro atoms. The van der Waals surface area contributed by atoms with Crippen LogP contribution in [0.25, 0.3) is 11.1 Å². The number of nitrogens with zero attached hydrogens (tertiary/aromatic N) is 4. The molecule has 2 aromatic heterocycles. The largest absolute Gasteiger partial charge is 0.354 e. The maximum Gasteiger partial charge on any atom is 0.253 e. The highest BCUT2D eigenvalue weighted by molar-refractivity contribution is 6.02. The number of carbonyl (C=O) groups is 2. The van der Waals surface area contributed by atoms with Crippen molar-refractivity contribution in [3.8, 4) is 11.1 Å². The summed E-state index contributed by atoms with van der Waals surface area (Å²) in [7, 11) is 2.13. The van der Waals surface area contributed by atoms with Crippen molar-refractivity contribution >= 4 is 23.3 Å². The minimum Gasteiger partial charge on any atom is -0.354 e. The number of pyridine rings is 2. The highest BCUT2D eigenvalue weighted by atomic mass is 16.2. The van der Waals surface area contributed by atoms with Gasteiger partial charge in [-0.2, -0.15) is 0 Å². The Labute approximate surface area is 254 Å². The van der Waals surface area contributed by atoms with Crippen LogP contribution in [0.2, 0.25) is 0 Å². The van der Waals surface area contributed by atoms with Gasteiger partial charge in [-0.1, -0.05) is 12.8 Å². The highest BCUT2D eigenvalue weighted by Gasteiger charge is 2.29. The molecule has 2 aliphatic rings. The van der Waals surface area contributed by atoms with E-state index in [4.69, 9.17) is 4.98 Å². The molecule has 1 aliphatic carbocycles. The van der Waals surface area contributed by atoms with E-state index in [0.29, 0.717) is 17.7 Å². The summed E-state index contributed by atoms with van der Waals surface area (Å²) in [6, 6.07) is 9.87. The number of aryl methyl sites for hydroxylation is 2. The summed E-state index contributed by atoms with van der Waals surface area (Å²) in [4.78, 5) is 54.1. The number of hydrogen-bond donors (Lipinski definition) is 2. The van der Waals surface area contributed by atoms with Crippen molar-refractivity contribution in [3.63, 3.8) is 0 Å². The molecule has 1 aliphatic heterocycles. The number of nitrogens with one attached hydrogen (secondary N) is 2. The SMILES string of the molecule is CCN(C(=O)C1CCCC1)c1cc(-c2ccc(N3CCN(C)CC3)nc2)cc(C(=O)NCc2c(C)cc(C)[nH]c2=O)c1C. The van der Waals surface area contributed by atoms with Crippen LogP contribution < -0.4 is 20.7 Å². The standard InChI is InChI=1S/C34H44N6O3/c1-6-40(34(43)25-9-7-8-10-25)30-19-27(26-11-12-31(35-20-26)39-15-13-38(5)14-16-39)18-28(24(30)4)32(41)36-21-29-22(2)17-23(3)37-33(29)42/h11-12,17-20,25H,6-10,13-16,21H2,1-5H3,(H,36,41)(H,37,42). The monoisotopic (exact) mass is 584 g/mol. The van der Waals surface area contributed by atoms with E-state index in [1.807, 2.05) is 69.1 Å². The zero-order chi connectivity index (χ0) is 30.7. The van der Waals surface area contributed by atoms with Gasteiger partial charge in [0.15, 0.2) is 0 Å². The average molecular weight is 585 g/mol. The van der Waals surface area contributed by atoms with E-state index < -0.39 is 0 Å². The van der Waals surface area contributed by atoms with E-state index in [9.17, 15) is 14.4 Å². The zero-order valence-electron chi connectivity index (χ0n) is 26.1. The highest BCUT2D eigenvalue weighted by Crippen LogP contribution is 2.35. The van der Waals surface area contributed by atoms with Gasteiger partial charge in [0.05, 0.1) is 0 Å². The van der Waals surface area contributed by atoms with Crippen molar-refractivity contribution in [3.05, 3.63) is 74.8 Å². The normalized spacial score (nSPS) is 16.0. The minimum atomic E-state index is -0.286. The molecule has 0 bridgehead atoms. The molecule has 1 aromatic carbocycles. The fraction of sp³-hybridized carbons (Fsp3) is 0.471. The van der Waals surface area contributed by atoms with Gasteiger partial charge in [0.1, 0.15) is 5.82 Å². The molecular formula is C34H44N6O3. The first-order valence-electron chi connectivity index (χ1n) is 15.5. The van der Waals surface area contributed by atoms with E-state index in [0.717, 1.165) is 91.3 Å². The van der Waals surface area contributed by atoms with Gasteiger partial charge in [0.2, 0.25) is 5.91 Å². The number of H-pyrrole nitrogens is 1. The first kappa shape index (κ1) is 30.5. The van der Waals surface area contributed by atoms with Gasteiger partial charge in [-0.25, -0.2) is 4.98 Å². The Balaban J connectivity index is 1.49. The number of benzene rings is 1. The van der Waals surface area contributed by atoms with E-state index >= 15 is 0 Å². The van der Waals surface area contributed by atoms with Crippen LogP contribution in [0.3, 0.4) is 0 Å². The lowest BCUT2D eigenvalue weighted by molar-refractivity contribution is -0.122. The zero-order valence-corrected chi connectivity index (χ0v) is 26.1. The molecule has 1 saturated heterocycles. The molecule has 3 heterocycles. The molecule has 228 valence electrons. The number of aromatic amines is 1. The Kier molecular flexibility index (Phi) is 9.30. The maximum atomic E-state index is 13.7. The molecular weight excluding hydrogens is 540 g/mol. The Bertz CT molecular complexity index is 1530. The Hall–Kier alpha value is -3.98. The number of carbonyl (C=O) groups excluding carboxylic acids is 2. The first-order chi connectivity index (χ1) is 20.7. The van der Waals surface area contributed by atoms with E-state index in [2.05, 4.69) is 27.1 Å². The number of anilines is 2. The number of aromatic nitrogens is 2. The summed E-state index contributed by atoms with van der Waals surface area (Å²) >= 11 is 0. The van der Waals surface area contributed by atoms with Crippen molar-refractivity contribution in [1.82, 2.24) is 20.2 Å². The van der Waals surface area contributed by atoms with Gasteiger partial charge in [-0.15, -0.1) is 0 Å². The van der Waals surface area contributed by atoms with Crippen molar-refractivity contribution in [2.75, 3.05) is 49.6 Å². The van der Waals surface area contributed by atoms with Crippen LogP contribution >= 0.6 is 0 Å². The molecule has 43 heavy (non-hydrogen) atoms. The van der Waals surface area contributed by atoms with Gasteiger partial charge in [-0.3, -0.25) is 14.4 Å². The number of piperazine rings is 1. The number of rotatable bonds is 8.